The van der Waals surface area contributed by atoms with Gasteiger partial charge in [0.15, 0.2) is 5.96 Å². The van der Waals surface area contributed by atoms with E-state index in [0.29, 0.717) is 31.3 Å². The molecule has 0 fully saturated rings. The molecule has 6 heteroatoms. The molecule has 0 saturated carbocycles. The quantitative estimate of drug-likeness (QED) is 0.453. The van der Waals surface area contributed by atoms with E-state index in [2.05, 4.69) is 15.6 Å². The number of hydrogen-bond acceptors (Lipinski definition) is 3. The molecule has 0 radical (unpaired) electrons. The minimum Gasteiger partial charge on any atom is -0.508 e. The third-order valence-corrected chi connectivity index (χ3v) is 3.95. The zero-order valence-corrected chi connectivity index (χ0v) is 15.3. The molecule has 0 amide bonds. The van der Waals surface area contributed by atoms with Crippen LogP contribution >= 0.6 is 0 Å². The molecule has 0 spiro atoms. The average molecular weight is 358 g/mol. The van der Waals surface area contributed by atoms with Crippen LogP contribution in [0.4, 0.5) is 10.1 Å². The van der Waals surface area contributed by atoms with Gasteiger partial charge in [0.2, 0.25) is 0 Å². The van der Waals surface area contributed by atoms with Gasteiger partial charge in [0.1, 0.15) is 11.6 Å². The van der Waals surface area contributed by atoms with E-state index in [9.17, 15) is 9.50 Å². The number of nitrogens with two attached hydrogens (primary N) is 1. The molecule has 0 saturated heterocycles. The van der Waals surface area contributed by atoms with Crippen molar-refractivity contribution in [3.63, 3.8) is 0 Å². The van der Waals surface area contributed by atoms with E-state index in [-0.39, 0.29) is 17.0 Å². The Kier molecular flexibility index (Phi) is 6.97. The Labute approximate surface area is 154 Å². The van der Waals surface area contributed by atoms with Crippen molar-refractivity contribution in [2.24, 2.45) is 16.1 Å². The molecule has 5 nitrogen and oxygen atoms in total. The van der Waals surface area contributed by atoms with E-state index in [1.165, 1.54) is 12.1 Å². The fourth-order valence-corrected chi connectivity index (χ4v) is 2.19. The Balaban J connectivity index is 2.01. The van der Waals surface area contributed by atoms with Crippen LogP contribution in [0.1, 0.15) is 19.4 Å². The van der Waals surface area contributed by atoms with E-state index in [1.54, 1.807) is 24.3 Å². The number of nitrogens with zero attached hydrogens (tertiary/aromatic N) is 1. The number of phenolic OH excluding ortho intramolecular Hbond substituents is 1. The molecule has 0 aliphatic carbocycles. The highest BCUT2D eigenvalue weighted by atomic mass is 19.1. The number of aliphatic imine (C=N–C) groups is 1. The van der Waals surface area contributed by atoms with Crippen LogP contribution in [0, 0.1) is 11.2 Å². The van der Waals surface area contributed by atoms with Gasteiger partial charge in [-0.15, -0.1) is 0 Å². The topological polar surface area (TPSA) is 82.7 Å². The maximum atomic E-state index is 13.4. The number of rotatable bonds is 7. The van der Waals surface area contributed by atoms with Gasteiger partial charge in [-0.2, -0.15) is 0 Å². The number of aromatic hydroxyl groups is 1. The SMILES string of the molecule is CC(C)(CN)CN=C(NCCc1ccc(O)cc1)Nc1cccc(F)c1. The lowest BCUT2D eigenvalue weighted by Gasteiger charge is -2.21. The van der Waals surface area contributed by atoms with E-state index in [1.807, 2.05) is 26.0 Å². The van der Waals surface area contributed by atoms with Crippen molar-refractivity contribution in [1.29, 1.82) is 0 Å². The molecule has 5 N–H and O–H groups in total. The molecule has 0 unspecified atom stereocenters. The number of benzene rings is 2. The normalized spacial score (nSPS) is 12.1. The second-order valence-electron chi connectivity index (χ2n) is 7.01. The summed E-state index contributed by atoms with van der Waals surface area (Å²) in [7, 11) is 0. The highest BCUT2D eigenvalue weighted by molar-refractivity contribution is 5.93. The van der Waals surface area contributed by atoms with E-state index >= 15 is 0 Å². The number of halogens is 1. The molecule has 0 bridgehead atoms. The summed E-state index contributed by atoms with van der Waals surface area (Å²) < 4.78 is 13.4. The fraction of sp³-hybridized carbons (Fsp3) is 0.350. The molecule has 0 aliphatic rings. The third kappa shape index (κ3) is 6.72. The van der Waals surface area contributed by atoms with Crippen LogP contribution in [0.3, 0.4) is 0 Å². The van der Waals surface area contributed by atoms with Crippen LogP contribution < -0.4 is 16.4 Å². The number of anilines is 1. The summed E-state index contributed by atoms with van der Waals surface area (Å²) in [6.07, 6.45) is 0.768. The summed E-state index contributed by atoms with van der Waals surface area (Å²) in [6, 6.07) is 13.3. The zero-order chi connectivity index (χ0) is 19.0. The minimum absolute atomic E-state index is 0.118. The van der Waals surface area contributed by atoms with Crippen molar-refractivity contribution >= 4 is 11.6 Å². The second-order valence-corrected chi connectivity index (χ2v) is 7.01. The third-order valence-electron chi connectivity index (χ3n) is 3.95. The lowest BCUT2D eigenvalue weighted by Crippen LogP contribution is -2.35. The second kappa shape index (κ2) is 9.20. The van der Waals surface area contributed by atoms with Gasteiger partial charge in [-0.05, 0) is 54.3 Å². The first-order chi connectivity index (χ1) is 12.4. The van der Waals surface area contributed by atoms with Crippen molar-refractivity contribution in [2.75, 3.05) is 25.0 Å². The molecule has 0 aliphatic heterocycles. The average Bonchev–Trinajstić information content (AvgIpc) is 2.61. The summed E-state index contributed by atoms with van der Waals surface area (Å²) in [6.45, 7) is 5.82. The van der Waals surface area contributed by atoms with Gasteiger partial charge in [0.05, 0.1) is 0 Å². The Morgan fingerprint density at radius 2 is 1.92 bits per heavy atom. The highest BCUT2D eigenvalue weighted by Gasteiger charge is 2.15. The maximum Gasteiger partial charge on any atom is 0.195 e. The van der Waals surface area contributed by atoms with Gasteiger partial charge < -0.3 is 21.5 Å². The lowest BCUT2D eigenvalue weighted by atomic mass is 9.94. The smallest absolute Gasteiger partial charge is 0.195 e. The van der Waals surface area contributed by atoms with Crippen LogP contribution in [0.15, 0.2) is 53.5 Å². The highest BCUT2D eigenvalue weighted by Crippen LogP contribution is 2.14. The van der Waals surface area contributed by atoms with Gasteiger partial charge in [0, 0.05) is 18.8 Å². The number of guanidine groups is 1. The predicted octanol–water partition coefficient (Wildman–Crippen LogP) is 3.12. The molecule has 2 aromatic rings. The Bertz CT molecular complexity index is 729. The fourth-order valence-electron chi connectivity index (χ4n) is 2.19. The van der Waals surface area contributed by atoms with Crippen molar-refractivity contribution in [1.82, 2.24) is 5.32 Å². The summed E-state index contributed by atoms with van der Waals surface area (Å²) >= 11 is 0. The van der Waals surface area contributed by atoms with Gasteiger partial charge in [-0.1, -0.05) is 32.0 Å². The predicted molar refractivity (Wildman–Crippen MR) is 105 cm³/mol. The summed E-state index contributed by atoms with van der Waals surface area (Å²) in [5.74, 6) is 0.525. The first-order valence-electron chi connectivity index (χ1n) is 8.67. The van der Waals surface area contributed by atoms with E-state index < -0.39 is 0 Å². The largest absolute Gasteiger partial charge is 0.508 e. The molecule has 0 heterocycles. The summed E-state index contributed by atoms with van der Waals surface area (Å²) in [4.78, 5) is 4.59. The van der Waals surface area contributed by atoms with Crippen molar-refractivity contribution in [2.45, 2.75) is 20.3 Å². The number of phenols is 1. The van der Waals surface area contributed by atoms with Crippen LogP contribution in [-0.2, 0) is 6.42 Å². The monoisotopic (exact) mass is 358 g/mol. The van der Waals surface area contributed by atoms with E-state index in [4.69, 9.17) is 5.73 Å². The van der Waals surface area contributed by atoms with Crippen LogP contribution in [0.5, 0.6) is 5.75 Å². The zero-order valence-electron chi connectivity index (χ0n) is 15.3. The molecular weight excluding hydrogens is 331 g/mol. The summed E-state index contributed by atoms with van der Waals surface area (Å²) in [5.41, 5.74) is 7.39. The minimum atomic E-state index is -0.305. The Morgan fingerprint density at radius 1 is 1.19 bits per heavy atom. The molecule has 0 atom stereocenters. The van der Waals surface area contributed by atoms with Crippen molar-refractivity contribution < 1.29 is 9.50 Å². The van der Waals surface area contributed by atoms with Crippen LogP contribution in [0.2, 0.25) is 0 Å². The van der Waals surface area contributed by atoms with Gasteiger partial charge in [0.25, 0.3) is 0 Å². The van der Waals surface area contributed by atoms with Gasteiger partial charge >= 0.3 is 0 Å². The first-order valence-corrected chi connectivity index (χ1v) is 8.67. The van der Waals surface area contributed by atoms with Gasteiger partial charge in [-0.25, -0.2) is 4.39 Å². The lowest BCUT2D eigenvalue weighted by molar-refractivity contribution is 0.393. The van der Waals surface area contributed by atoms with Crippen molar-refractivity contribution in [3.05, 3.63) is 59.9 Å². The van der Waals surface area contributed by atoms with Crippen molar-refractivity contribution in [3.8, 4) is 5.75 Å². The molecule has 26 heavy (non-hydrogen) atoms. The number of hydrogen-bond donors (Lipinski definition) is 4. The van der Waals surface area contributed by atoms with Gasteiger partial charge in [-0.3, -0.25) is 4.99 Å². The first kappa shape index (κ1) is 19.7. The molecule has 0 aromatic heterocycles. The van der Waals surface area contributed by atoms with Crippen LogP contribution in [0.25, 0.3) is 0 Å². The van der Waals surface area contributed by atoms with E-state index in [0.717, 1.165) is 12.0 Å². The summed E-state index contributed by atoms with van der Waals surface area (Å²) in [5, 5.41) is 15.7. The Morgan fingerprint density at radius 3 is 2.58 bits per heavy atom. The molecular formula is C20H27FN4O. The Hall–Kier alpha value is -2.60. The molecule has 140 valence electrons. The standard InChI is InChI=1S/C20H27FN4O/c1-20(2,13-22)14-24-19(25-17-5-3-4-16(21)12-17)23-11-10-15-6-8-18(26)9-7-15/h3-9,12,26H,10-11,13-14,22H2,1-2H3,(H2,23,24,25). The van der Waals surface area contributed by atoms with Crippen LogP contribution in [-0.4, -0.2) is 30.7 Å². The molecule has 2 rings (SSSR count). The number of nitrogens with one attached hydrogen (secondary N) is 2. The maximum absolute atomic E-state index is 13.4. The molecule has 2 aromatic carbocycles.